The molecule has 0 saturated carbocycles. The molecule has 3 nitrogen and oxygen atoms in total. The molecule has 0 amide bonds. The van der Waals surface area contributed by atoms with Crippen molar-refractivity contribution >= 4 is 26.5 Å². The van der Waals surface area contributed by atoms with Gasteiger partial charge in [-0.3, -0.25) is 4.79 Å². The molecule has 5 heteroatoms. The Hall–Kier alpha value is -0.0631. The summed E-state index contributed by atoms with van der Waals surface area (Å²) in [6.07, 6.45) is 1.34. The normalized spacial score (nSPS) is 24.5. The number of nitrogens with two attached hydrogens (primary N) is 1. The van der Waals surface area contributed by atoms with Gasteiger partial charge in [-0.1, -0.05) is 25.2 Å². The molecule has 0 atom stereocenters. The number of halogens is 1. The lowest BCUT2D eigenvalue weighted by Gasteiger charge is -2.37. The van der Waals surface area contributed by atoms with Crippen LogP contribution in [0.1, 0.15) is 12.8 Å². The smallest absolute Gasteiger partial charge is 0.323 e. The van der Waals surface area contributed by atoms with Crippen molar-refractivity contribution in [2.75, 3.05) is 0 Å². The predicted molar refractivity (Wildman–Crippen MR) is 58.1 cm³/mol. The number of aliphatic carboxylic acids is 1. The van der Waals surface area contributed by atoms with Crippen LogP contribution in [0.15, 0.2) is 0 Å². The summed E-state index contributed by atoms with van der Waals surface area (Å²) in [6.45, 7) is 4.60. The Balaban J connectivity index is 0.00000144. The van der Waals surface area contributed by atoms with Crippen LogP contribution in [-0.2, 0) is 4.79 Å². The summed E-state index contributed by atoms with van der Waals surface area (Å²) in [5.41, 5.74) is 4.83. The molecule has 13 heavy (non-hydrogen) atoms. The number of hydrogen-bond donors (Lipinski definition) is 2. The first-order chi connectivity index (χ1) is 5.36. The zero-order chi connectivity index (χ0) is 9.41. The van der Waals surface area contributed by atoms with Gasteiger partial charge in [-0.2, -0.15) is 0 Å². The maximum Gasteiger partial charge on any atom is 0.323 e. The van der Waals surface area contributed by atoms with Gasteiger partial charge < -0.3 is 10.8 Å². The minimum atomic E-state index is -1.07. The minimum Gasteiger partial charge on any atom is -0.480 e. The van der Waals surface area contributed by atoms with Gasteiger partial charge in [0, 0.05) is 8.07 Å². The molecule has 1 aliphatic rings. The Kier molecular flexibility index (Phi) is 3.96. The number of hydrogen-bond acceptors (Lipinski definition) is 2. The zero-order valence-electron chi connectivity index (χ0n) is 8.17. The van der Waals surface area contributed by atoms with E-state index in [2.05, 4.69) is 13.1 Å². The highest BCUT2D eigenvalue weighted by molar-refractivity contribution is 6.77. The van der Waals surface area contributed by atoms with Crippen LogP contribution in [0.4, 0.5) is 0 Å². The van der Waals surface area contributed by atoms with Crippen LogP contribution in [0.5, 0.6) is 0 Å². The van der Waals surface area contributed by atoms with E-state index < -0.39 is 19.6 Å². The van der Waals surface area contributed by atoms with Crippen molar-refractivity contribution in [2.24, 2.45) is 5.73 Å². The van der Waals surface area contributed by atoms with E-state index in [1.807, 2.05) is 0 Å². The zero-order valence-corrected chi connectivity index (χ0v) is 9.99. The highest BCUT2D eigenvalue weighted by Crippen LogP contribution is 2.33. The minimum absolute atomic E-state index is 0. The second-order valence-corrected chi connectivity index (χ2v) is 9.95. The average Bonchev–Trinajstić information content (AvgIpc) is 1.96. The van der Waals surface area contributed by atoms with Crippen LogP contribution in [-0.4, -0.2) is 24.7 Å². The summed E-state index contributed by atoms with van der Waals surface area (Å²) in [5.74, 6) is -0.827. The fraction of sp³-hybridized carbons (Fsp3) is 0.875. The summed E-state index contributed by atoms with van der Waals surface area (Å²) in [4.78, 5) is 10.8. The topological polar surface area (TPSA) is 63.3 Å². The average molecular weight is 224 g/mol. The van der Waals surface area contributed by atoms with Gasteiger partial charge in [0.05, 0.1) is 0 Å². The summed E-state index contributed by atoms with van der Waals surface area (Å²) >= 11 is 0. The molecule has 0 spiro atoms. The molecule has 0 aromatic carbocycles. The van der Waals surface area contributed by atoms with Crippen molar-refractivity contribution in [1.82, 2.24) is 0 Å². The molecule has 0 aliphatic carbocycles. The standard InChI is InChI=1S/C8H17NO2Si.ClH/c1-12(2)5-3-8(9,4-6-12)7(10)11;/h3-6,9H2,1-2H3,(H,10,11);1H. The van der Waals surface area contributed by atoms with Crippen molar-refractivity contribution < 1.29 is 9.90 Å². The lowest BCUT2D eigenvalue weighted by Crippen LogP contribution is -2.53. The van der Waals surface area contributed by atoms with E-state index in [1.54, 1.807) is 0 Å². The largest absolute Gasteiger partial charge is 0.480 e. The van der Waals surface area contributed by atoms with Crippen molar-refractivity contribution in [3.05, 3.63) is 0 Å². The van der Waals surface area contributed by atoms with Gasteiger partial charge in [0.25, 0.3) is 0 Å². The molecule has 0 bridgehead atoms. The number of carboxylic acid groups (broad SMARTS) is 1. The van der Waals surface area contributed by atoms with E-state index in [0.29, 0.717) is 12.8 Å². The first kappa shape index (κ1) is 12.9. The Bertz CT molecular complexity index is 198. The van der Waals surface area contributed by atoms with Gasteiger partial charge in [0.15, 0.2) is 0 Å². The first-order valence-electron chi connectivity index (χ1n) is 4.38. The lowest BCUT2D eigenvalue weighted by atomic mass is 9.94. The van der Waals surface area contributed by atoms with E-state index in [0.717, 1.165) is 12.1 Å². The second kappa shape index (κ2) is 3.98. The lowest BCUT2D eigenvalue weighted by molar-refractivity contribution is -0.143. The molecular weight excluding hydrogens is 206 g/mol. The van der Waals surface area contributed by atoms with E-state index in [-0.39, 0.29) is 12.4 Å². The van der Waals surface area contributed by atoms with Crippen LogP contribution >= 0.6 is 12.4 Å². The molecule has 78 valence electrons. The second-order valence-electron chi connectivity index (χ2n) is 4.63. The molecule has 0 aromatic rings. The van der Waals surface area contributed by atoms with Crippen LogP contribution in [0.25, 0.3) is 0 Å². The summed E-state index contributed by atoms with van der Waals surface area (Å²) < 4.78 is 0. The van der Waals surface area contributed by atoms with E-state index >= 15 is 0 Å². The molecule has 0 radical (unpaired) electrons. The molecule has 1 aliphatic heterocycles. The monoisotopic (exact) mass is 223 g/mol. The molecule has 1 fully saturated rings. The van der Waals surface area contributed by atoms with Gasteiger partial charge >= 0.3 is 5.97 Å². The van der Waals surface area contributed by atoms with Gasteiger partial charge in [-0.15, -0.1) is 12.4 Å². The number of carboxylic acids is 1. The Morgan fingerprint density at radius 1 is 1.38 bits per heavy atom. The Morgan fingerprint density at radius 3 is 2.08 bits per heavy atom. The maximum atomic E-state index is 10.8. The Labute approximate surface area is 86.1 Å². The van der Waals surface area contributed by atoms with Crippen molar-refractivity contribution in [2.45, 2.75) is 43.6 Å². The third kappa shape index (κ3) is 2.97. The van der Waals surface area contributed by atoms with Gasteiger partial charge in [-0.25, -0.2) is 0 Å². The molecule has 1 rings (SSSR count). The summed E-state index contributed by atoms with van der Waals surface area (Å²) in [6, 6.07) is 2.10. The first-order valence-corrected chi connectivity index (χ1v) is 7.79. The summed E-state index contributed by atoms with van der Waals surface area (Å²) in [5, 5.41) is 8.86. The molecular formula is C8H18ClNO2Si. The molecule has 1 saturated heterocycles. The van der Waals surface area contributed by atoms with Crippen molar-refractivity contribution in [1.29, 1.82) is 0 Å². The molecule has 1 heterocycles. The fourth-order valence-electron chi connectivity index (χ4n) is 1.59. The van der Waals surface area contributed by atoms with Gasteiger partial charge in [0.2, 0.25) is 0 Å². The number of rotatable bonds is 1. The quantitative estimate of drug-likeness (QED) is 0.665. The van der Waals surface area contributed by atoms with Crippen LogP contribution in [0, 0.1) is 0 Å². The SMILES string of the molecule is C[Si]1(C)CCC(N)(C(=O)O)CC1.Cl. The maximum absolute atomic E-state index is 10.8. The van der Waals surface area contributed by atoms with Gasteiger partial charge in [-0.05, 0) is 12.8 Å². The van der Waals surface area contributed by atoms with E-state index in [4.69, 9.17) is 10.8 Å². The Morgan fingerprint density at radius 2 is 1.77 bits per heavy atom. The van der Waals surface area contributed by atoms with E-state index in [1.165, 1.54) is 0 Å². The van der Waals surface area contributed by atoms with Crippen LogP contribution in [0.2, 0.25) is 25.2 Å². The van der Waals surface area contributed by atoms with Gasteiger partial charge in [0.1, 0.15) is 5.54 Å². The molecule has 0 unspecified atom stereocenters. The summed E-state index contributed by atoms with van der Waals surface area (Å²) in [7, 11) is -1.07. The number of carbonyl (C=O) groups is 1. The third-order valence-electron chi connectivity index (χ3n) is 2.92. The molecule has 0 aromatic heterocycles. The fourth-order valence-corrected chi connectivity index (χ4v) is 4.08. The van der Waals surface area contributed by atoms with Crippen LogP contribution in [0.3, 0.4) is 0 Å². The van der Waals surface area contributed by atoms with E-state index in [9.17, 15) is 4.79 Å². The highest BCUT2D eigenvalue weighted by Gasteiger charge is 2.41. The van der Waals surface area contributed by atoms with Crippen LogP contribution < -0.4 is 5.73 Å². The molecule has 3 N–H and O–H groups in total. The van der Waals surface area contributed by atoms with Crippen molar-refractivity contribution in [3.8, 4) is 0 Å². The van der Waals surface area contributed by atoms with Crippen molar-refractivity contribution in [3.63, 3.8) is 0 Å². The third-order valence-corrected chi connectivity index (χ3v) is 6.13. The predicted octanol–water partition coefficient (Wildman–Crippen LogP) is 1.69. The highest BCUT2D eigenvalue weighted by atomic mass is 35.5.